The third kappa shape index (κ3) is 5.32. The second-order valence-corrected chi connectivity index (χ2v) is 8.37. The summed E-state index contributed by atoms with van der Waals surface area (Å²) in [4.78, 5) is 51.0. The molecule has 0 radical (unpaired) electrons. The number of carbonyl (C=O) groups is 1. The maximum absolute atomic E-state index is 13.5. The molecule has 0 unspecified atom stereocenters. The molecule has 3 aromatic rings. The van der Waals surface area contributed by atoms with Gasteiger partial charge in [0.15, 0.2) is 5.69 Å². The number of nitrogens with zero attached hydrogens (tertiary/aromatic N) is 6. The van der Waals surface area contributed by atoms with Gasteiger partial charge in [-0.1, -0.05) is 6.92 Å². The number of aromatic amines is 1. The Kier molecular flexibility index (Phi) is 7.85. The molecule has 3 N–H and O–H groups in total. The smallest absolute Gasteiger partial charge is 0.330 e. The number of aryl methyl sites for hydroxylation is 3. The van der Waals surface area contributed by atoms with Gasteiger partial charge in [0.05, 0.1) is 18.7 Å². The Bertz CT molecular complexity index is 1330. The molecule has 0 bridgehead atoms. The Balaban J connectivity index is 2.04. The monoisotopic (exact) mass is 484 g/mol. The lowest BCUT2D eigenvalue weighted by atomic mass is 10.1. The van der Waals surface area contributed by atoms with Crippen LogP contribution in [0.1, 0.15) is 41.7 Å². The molecule has 35 heavy (non-hydrogen) atoms. The Morgan fingerprint density at radius 2 is 1.83 bits per heavy atom. The van der Waals surface area contributed by atoms with Crippen LogP contribution in [0.4, 0.5) is 11.5 Å². The number of carbonyl (C=O) groups excluding carboxylic acids is 1. The molecule has 0 saturated heterocycles. The largest absolute Gasteiger partial charge is 0.383 e. The van der Waals surface area contributed by atoms with Crippen LogP contribution in [0.5, 0.6) is 0 Å². The molecule has 0 aliphatic rings. The minimum atomic E-state index is -0.725. The minimum absolute atomic E-state index is 0.0437. The zero-order valence-corrected chi connectivity index (χ0v) is 21.0. The van der Waals surface area contributed by atoms with Crippen molar-refractivity contribution in [1.29, 1.82) is 0 Å². The normalized spacial score (nSPS) is 11.1. The summed E-state index contributed by atoms with van der Waals surface area (Å²) in [6, 6.07) is 1.87. The van der Waals surface area contributed by atoms with Crippen molar-refractivity contribution < 1.29 is 9.53 Å². The van der Waals surface area contributed by atoms with Gasteiger partial charge in [-0.3, -0.25) is 19.1 Å². The maximum Gasteiger partial charge on any atom is 0.330 e. The van der Waals surface area contributed by atoms with E-state index < -0.39 is 11.2 Å². The highest BCUT2D eigenvalue weighted by molar-refractivity contribution is 5.97. The van der Waals surface area contributed by atoms with Gasteiger partial charge in [0.1, 0.15) is 5.82 Å². The molecule has 0 aromatic carbocycles. The van der Waals surface area contributed by atoms with Crippen molar-refractivity contribution in [2.24, 2.45) is 0 Å². The lowest BCUT2D eigenvalue weighted by molar-refractivity contribution is -0.118. The predicted octanol–water partition coefficient (Wildman–Crippen LogP) is 0.960. The number of aromatic nitrogens is 6. The van der Waals surface area contributed by atoms with E-state index in [9.17, 15) is 14.4 Å². The van der Waals surface area contributed by atoms with Crippen LogP contribution in [0.15, 0.2) is 15.7 Å². The van der Waals surface area contributed by atoms with Crippen molar-refractivity contribution in [2.45, 2.75) is 54.0 Å². The van der Waals surface area contributed by atoms with E-state index in [-0.39, 0.29) is 37.0 Å². The standard InChI is InChI=1S/C23H32N8O4/c1-7-8-30-20(24)19(21(33)27-23(30)34)29(9-10-35-6)18(32)12-17-15(4)28-31(16(17)5)22-25-13(2)11-14(3)26-22/h11H,7-10,12,24H2,1-6H3,(H,27,33,34). The van der Waals surface area contributed by atoms with Gasteiger partial charge in [-0.05, 0) is 40.2 Å². The van der Waals surface area contributed by atoms with Gasteiger partial charge in [-0.15, -0.1) is 0 Å². The summed E-state index contributed by atoms with van der Waals surface area (Å²) in [5.41, 5.74) is 8.47. The van der Waals surface area contributed by atoms with Gasteiger partial charge in [-0.25, -0.2) is 19.4 Å². The Labute approximate surface area is 202 Å². The first-order valence-corrected chi connectivity index (χ1v) is 11.4. The summed E-state index contributed by atoms with van der Waals surface area (Å²) in [6.45, 7) is 9.84. The van der Waals surface area contributed by atoms with E-state index in [0.29, 0.717) is 35.9 Å². The molecule has 1 amide bonds. The van der Waals surface area contributed by atoms with Crippen LogP contribution in [-0.4, -0.2) is 55.5 Å². The maximum atomic E-state index is 13.5. The van der Waals surface area contributed by atoms with Gasteiger partial charge in [-0.2, -0.15) is 5.10 Å². The van der Waals surface area contributed by atoms with Crippen molar-refractivity contribution in [3.8, 4) is 5.95 Å². The molecule has 12 nitrogen and oxygen atoms in total. The van der Waals surface area contributed by atoms with E-state index in [4.69, 9.17) is 10.5 Å². The van der Waals surface area contributed by atoms with E-state index in [1.54, 1.807) is 11.6 Å². The lowest BCUT2D eigenvalue weighted by Gasteiger charge is -2.24. The highest BCUT2D eigenvalue weighted by Crippen LogP contribution is 2.22. The highest BCUT2D eigenvalue weighted by Gasteiger charge is 2.26. The topological polar surface area (TPSA) is 154 Å². The fraction of sp³-hybridized carbons (Fsp3) is 0.478. The molecule has 3 heterocycles. The number of anilines is 2. The molecule has 3 rings (SSSR count). The first kappa shape index (κ1) is 25.8. The van der Waals surface area contributed by atoms with Crippen LogP contribution < -0.4 is 21.9 Å². The number of hydrogen-bond acceptors (Lipinski definition) is 8. The first-order chi connectivity index (χ1) is 16.6. The number of amides is 1. The number of ether oxygens (including phenoxy) is 1. The number of H-pyrrole nitrogens is 1. The molecular weight excluding hydrogens is 452 g/mol. The van der Waals surface area contributed by atoms with Crippen molar-refractivity contribution >= 4 is 17.4 Å². The number of methoxy groups -OCH3 is 1. The molecule has 0 aliphatic heterocycles. The summed E-state index contributed by atoms with van der Waals surface area (Å²) in [5.74, 6) is -0.0174. The summed E-state index contributed by atoms with van der Waals surface area (Å²) < 4.78 is 8.03. The predicted molar refractivity (Wildman–Crippen MR) is 132 cm³/mol. The number of nitrogens with one attached hydrogen (secondary N) is 1. The zero-order chi connectivity index (χ0) is 25.9. The van der Waals surface area contributed by atoms with Crippen molar-refractivity contribution in [3.05, 3.63) is 55.2 Å². The average molecular weight is 485 g/mol. The third-order valence-corrected chi connectivity index (χ3v) is 5.68. The summed E-state index contributed by atoms with van der Waals surface area (Å²) in [7, 11) is 1.50. The van der Waals surface area contributed by atoms with Crippen molar-refractivity contribution in [2.75, 3.05) is 30.9 Å². The van der Waals surface area contributed by atoms with Crippen molar-refractivity contribution in [1.82, 2.24) is 29.3 Å². The Hall–Kier alpha value is -3.80. The second-order valence-electron chi connectivity index (χ2n) is 8.37. The van der Waals surface area contributed by atoms with E-state index in [1.165, 1.54) is 16.6 Å². The van der Waals surface area contributed by atoms with Crippen LogP contribution >= 0.6 is 0 Å². The highest BCUT2D eigenvalue weighted by atomic mass is 16.5. The molecule has 12 heteroatoms. The Morgan fingerprint density at radius 3 is 2.43 bits per heavy atom. The molecule has 0 spiro atoms. The van der Waals surface area contributed by atoms with E-state index in [1.807, 2.05) is 33.8 Å². The number of nitrogen functional groups attached to an aromatic ring is 1. The minimum Gasteiger partial charge on any atom is -0.383 e. The number of rotatable bonds is 9. The van der Waals surface area contributed by atoms with Crippen LogP contribution in [0, 0.1) is 27.7 Å². The molecule has 0 saturated carbocycles. The quantitative estimate of drug-likeness (QED) is 0.455. The molecule has 0 aliphatic carbocycles. The lowest BCUT2D eigenvalue weighted by Crippen LogP contribution is -2.43. The van der Waals surface area contributed by atoms with Gasteiger partial charge < -0.3 is 15.4 Å². The molecular formula is C23H32N8O4. The van der Waals surface area contributed by atoms with Gasteiger partial charge in [0, 0.05) is 42.8 Å². The van der Waals surface area contributed by atoms with E-state index in [2.05, 4.69) is 20.1 Å². The first-order valence-electron chi connectivity index (χ1n) is 11.4. The van der Waals surface area contributed by atoms with Gasteiger partial charge in [0.2, 0.25) is 5.91 Å². The number of hydrogen-bond donors (Lipinski definition) is 2. The molecule has 0 atom stereocenters. The van der Waals surface area contributed by atoms with Gasteiger partial charge >= 0.3 is 5.69 Å². The zero-order valence-electron chi connectivity index (χ0n) is 21.0. The molecule has 3 aromatic heterocycles. The summed E-state index contributed by atoms with van der Waals surface area (Å²) in [6.07, 6.45) is 0.581. The van der Waals surface area contributed by atoms with Crippen LogP contribution in [0.3, 0.4) is 0 Å². The Morgan fingerprint density at radius 1 is 1.17 bits per heavy atom. The SMILES string of the molecule is CCCn1c(N)c(N(CCOC)C(=O)Cc2c(C)nn(-c3nc(C)cc(C)n3)c2C)c(=O)[nH]c1=O. The summed E-state index contributed by atoms with van der Waals surface area (Å²) in [5, 5.41) is 4.55. The van der Waals surface area contributed by atoms with Crippen LogP contribution in [0.2, 0.25) is 0 Å². The summed E-state index contributed by atoms with van der Waals surface area (Å²) >= 11 is 0. The van der Waals surface area contributed by atoms with E-state index >= 15 is 0 Å². The van der Waals surface area contributed by atoms with Gasteiger partial charge in [0.25, 0.3) is 11.5 Å². The van der Waals surface area contributed by atoms with E-state index in [0.717, 1.165) is 11.4 Å². The molecule has 0 fully saturated rings. The van der Waals surface area contributed by atoms with Crippen LogP contribution in [-0.2, 0) is 22.5 Å². The second kappa shape index (κ2) is 10.6. The number of nitrogens with two attached hydrogens (primary N) is 1. The van der Waals surface area contributed by atoms with Crippen molar-refractivity contribution in [3.63, 3.8) is 0 Å². The fourth-order valence-electron chi connectivity index (χ4n) is 4.00. The molecule has 188 valence electrons. The third-order valence-electron chi connectivity index (χ3n) is 5.68. The fourth-order valence-corrected chi connectivity index (χ4v) is 4.00. The average Bonchev–Trinajstić information content (AvgIpc) is 3.06. The van der Waals surface area contributed by atoms with Crippen LogP contribution in [0.25, 0.3) is 5.95 Å².